The molecule has 1 saturated heterocycles. The Hall–Kier alpha value is -0.930. The highest BCUT2D eigenvalue weighted by Gasteiger charge is 2.22. The van der Waals surface area contributed by atoms with Crippen LogP contribution >= 0.6 is 0 Å². The van der Waals surface area contributed by atoms with E-state index in [0.29, 0.717) is 6.04 Å². The van der Waals surface area contributed by atoms with E-state index in [9.17, 15) is 0 Å². The van der Waals surface area contributed by atoms with Gasteiger partial charge in [-0.1, -0.05) is 13.0 Å². The van der Waals surface area contributed by atoms with Crippen molar-refractivity contribution < 1.29 is 0 Å². The molecular weight excluding hydrogens is 210 g/mol. The molecule has 0 bridgehead atoms. The number of nitrogens with zero attached hydrogens (tertiary/aromatic N) is 2. The van der Waals surface area contributed by atoms with Gasteiger partial charge in [0.1, 0.15) is 0 Å². The zero-order chi connectivity index (χ0) is 12.1. The van der Waals surface area contributed by atoms with Gasteiger partial charge in [-0.05, 0) is 37.9 Å². The topological polar surface area (TPSA) is 28.2 Å². The lowest BCUT2D eigenvalue weighted by atomic mass is 10.2. The van der Waals surface area contributed by atoms with Crippen LogP contribution in [0.3, 0.4) is 0 Å². The minimum absolute atomic E-state index is 0.680. The van der Waals surface area contributed by atoms with Crippen molar-refractivity contribution in [1.29, 1.82) is 0 Å². The van der Waals surface area contributed by atoms with Gasteiger partial charge < -0.3 is 5.32 Å². The van der Waals surface area contributed by atoms with Gasteiger partial charge in [-0.25, -0.2) is 0 Å². The first-order valence-electron chi connectivity index (χ1n) is 6.66. The normalized spacial score (nSPS) is 20.9. The van der Waals surface area contributed by atoms with Crippen molar-refractivity contribution in [2.24, 2.45) is 0 Å². The van der Waals surface area contributed by atoms with Gasteiger partial charge >= 0.3 is 0 Å². The minimum Gasteiger partial charge on any atom is -0.313 e. The molecule has 1 atom stereocenters. The summed E-state index contributed by atoms with van der Waals surface area (Å²) < 4.78 is 0. The van der Waals surface area contributed by atoms with Crippen molar-refractivity contribution in [2.45, 2.75) is 39.3 Å². The summed E-state index contributed by atoms with van der Waals surface area (Å²) in [6, 6.07) is 4.83. The average Bonchev–Trinajstić information content (AvgIpc) is 2.77. The Labute approximate surface area is 104 Å². The second-order valence-corrected chi connectivity index (χ2v) is 4.94. The molecule has 0 aliphatic carbocycles. The molecule has 3 nitrogen and oxygen atoms in total. The minimum atomic E-state index is 0.680. The Balaban J connectivity index is 1.83. The maximum absolute atomic E-state index is 4.47. The van der Waals surface area contributed by atoms with Gasteiger partial charge in [0.15, 0.2) is 0 Å². The van der Waals surface area contributed by atoms with Crippen molar-refractivity contribution in [3.05, 3.63) is 29.6 Å². The molecule has 0 aromatic carbocycles. The summed E-state index contributed by atoms with van der Waals surface area (Å²) in [4.78, 5) is 6.97. The van der Waals surface area contributed by atoms with Gasteiger partial charge in [-0.3, -0.25) is 9.88 Å². The van der Waals surface area contributed by atoms with Gasteiger partial charge in [-0.15, -0.1) is 0 Å². The molecule has 3 heteroatoms. The van der Waals surface area contributed by atoms with Crippen molar-refractivity contribution >= 4 is 0 Å². The van der Waals surface area contributed by atoms with Crippen molar-refractivity contribution in [2.75, 3.05) is 19.6 Å². The Morgan fingerprint density at radius 3 is 3.18 bits per heavy atom. The third-order valence-electron chi connectivity index (χ3n) is 3.45. The van der Waals surface area contributed by atoms with Crippen LogP contribution in [0, 0.1) is 6.92 Å². The van der Waals surface area contributed by atoms with E-state index in [0.717, 1.165) is 19.6 Å². The van der Waals surface area contributed by atoms with E-state index in [1.807, 2.05) is 12.3 Å². The van der Waals surface area contributed by atoms with Gasteiger partial charge in [0.05, 0.1) is 5.69 Å². The first-order valence-corrected chi connectivity index (χ1v) is 6.66. The fourth-order valence-electron chi connectivity index (χ4n) is 2.39. The summed E-state index contributed by atoms with van der Waals surface area (Å²) in [6.45, 7) is 8.85. The Bertz CT molecular complexity index is 351. The molecule has 94 valence electrons. The SMILES string of the molecule is CCCNC1CCN(Cc2ncccc2C)C1. The summed E-state index contributed by atoms with van der Waals surface area (Å²) in [5, 5.41) is 3.60. The van der Waals surface area contributed by atoms with Gasteiger partial charge in [0.2, 0.25) is 0 Å². The van der Waals surface area contributed by atoms with Crippen LogP contribution < -0.4 is 5.32 Å². The smallest absolute Gasteiger partial charge is 0.0573 e. The number of aromatic nitrogens is 1. The summed E-state index contributed by atoms with van der Waals surface area (Å²) in [7, 11) is 0. The molecule has 1 aliphatic rings. The van der Waals surface area contributed by atoms with Crippen LogP contribution in [0.2, 0.25) is 0 Å². The third kappa shape index (κ3) is 3.51. The number of nitrogens with one attached hydrogen (secondary N) is 1. The van der Waals surface area contributed by atoms with Crippen molar-refractivity contribution in [3.8, 4) is 0 Å². The summed E-state index contributed by atoms with van der Waals surface area (Å²) in [6.07, 6.45) is 4.38. The van der Waals surface area contributed by atoms with Crippen LogP contribution in [0.15, 0.2) is 18.3 Å². The summed E-state index contributed by atoms with van der Waals surface area (Å²) in [5.41, 5.74) is 2.53. The molecule has 0 radical (unpaired) electrons. The van der Waals surface area contributed by atoms with Crippen molar-refractivity contribution in [1.82, 2.24) is 15.2 Å². The standard InChI is InChI=1S/C14H23N3/c1-3-7-15-13-6-9-17(10-13)11-14-12(2)5-4-8-16-14/h4-5,8,13,15H,3,6-7,9-11H2,1-2H3. The zero-order valence-corrected chi connectivity index (χ0v) is 10.9. The second kappa shape index (κ2) is 6.12. The van der Waals surface area contributed by atoms with Crippen LogP contribution in [-0.2, 0) is 6.54 Å². The highest BCUT2D eigenvalue weighted by Crippen LogP contribution is 2.14. The van der Waals surface area contributed by atoms with E-state index in [2.05, 4.69) is 35.1 Å². The second-order valence-electron chi connectivity index (χ2n) is 4.94. The third-order valence-corrected chi connectivity index (χ3v) is 3.45. The van der Waals surface area contributed by atoms with Crippen molar-refractivity contribution in [3.63, 3.8) is 0 Å². The van der Waals surface area contributed by atoms with E-state index in [-0.39, 0.29) is 0 Å². The molecule has 2 heterocycles. The molecule has 0 saturated carbocycles. The molecule has 1 aliphatic heterocycles. The summed E-state index contributed by atoms with van der Waals surface area (Å²) in [5.74, 6) is 0. The highest BCUT2D eigenvalue weighted by molar-refractivity contribution is 5.17. The average molecular weight is 233 g/mol. The number of rotatable bonds is 5. The van der Waals surface area contributed by atoms with E-state index < -0.39 is 0 Å². The van der Waals surface area contributed by atoms with Crippen LogP contribution in [0.5, 0.6) is 0 Å². The Morgan fingerprint density at radius 2 is 2.41 bits per heavy atom. The number of likely N-dealkylation sites (tertiary alicyclic amines) is 1. The Kier molecular flexibility index (Phi) is 4.51. The largest absolute Gasteiger partial charge is 0.313 e. The predicted octanol–water partition coefficient (Wildman–Crippen LogP) is 1.96. The molecule has 1 N–H and O–H groups in total. The van der Waals surface area contributed by atoms with Gasteiger partial charge in [0, 0.05) is 31.9 Å². The lowest BCUT2D eigenvalue weighted by molar-refractivity contribution is 0.315. The fraction of sp³-hybridized carbons (Fsp3) is 0.643. The first-order chi connectivity index (χ1) is 8.29. The number of pyridine rings is 1. The Morgan fingerprint density at radius 1 is 1.53 bits per heavy atom. The molecule has 1 aromatic heterocycles. The van der Waals surface area contributed by atoms with Crippen LogP contribution in [0.1, 0.15) is 31.0 Å². The summed E-state index contributed by atoms with van der Waals surface area (Å²) >= 11 is 0. The maximum atomic E-state index is 4.47. The molecule has 1 unspecified atom stereocenters. The van der Waals surface area contributed by atoms with Gasteiger partial charge in [-0.2, -0.15) is 0 Å². The lowest BCUT2D eigenvalue weighted by Gasteiger charge is -2.17. The molecule has 2 rings (SSSR count). The lowest BCUT2D eigenvalue weighted by Crippen LogP contribution is -2.32. The van der Waals surface area contributed by atoms with Crippen LogP contribution in [-0.4, -0.2) is 35.6 Å². The van der Waals surface area contributed by atoms with E-state index >= 15 is 0 Å². The zero-order valence-electron chi connectivity index (χ0n) is 10.9. The predicted molar refractivity (Wildman–Crippen MR) is 70.9 cm³/mol. The number of hydrogen-bond donors (Lipinski definition) is 1. The molecule has 1 aromatic rings. The quantitative estimate of drug-likeness (QED) is 0.842. The molecule has 1 fully saturated rings. The van der Waals surface area contributed by atoms with E-state index in [4.69, 9.17) is 0 Å². The first kappa shape index (κ1) is 12.5. The molecular formula is C14H23N3. The fourth-order valence-corrected chi connectivity index (χ4v) is 2.39. The number of hydrogen-bond acceptors (Lipinski definition) is 3. The monoisotopic (exact) mass is 233 g/mol. The number of aryl methyl sites for hydroxylation is 1. The molecule has 0 spiro atoms. The molecule has 0 amide bonds. The van der Waals surface area contributed by atoms with Crippen LogP contribution in [0.4, 0.5) is 0 Å². The van der Waals surface area contributed by atoms with E-state index in [1.54, 1.807) is 0 Å². The van der Waals surface area contributed by atoms with Crippen LogP contribution in [0.25, 0.3) is 0 Å². The van der Waals surface area contributed by atoms with E-state index in [1.165, 1.54) is 30.6 Å². The molecule has 17 heavy (non-hydrogen) atoms. The highest BCUT2D eigenvalue weighted by atomic mass is 15.2. The maximum Gasteiger partial charge on any atom is 0.0573 e. The van der Waals surface area contributed by atoms with Gasteiger partial charge in [0.25, 0.3) is 0 Å².